The number of para-hydroxylation sites is 1. The van der Waals surface area contributed by atoms with Crippen LogP contribution in [-0.4, -0.2) is 60.5 Å². The molecule has 1 aliphatic rings. The first-order chi connectivity index (χ1) is 10.1. The average Bonchev–Trinajstić information content (AvgIpc) is 2.72. The van der Waals surface area contributed by atoms with Crippen LogP contribution >= 0.6 is 36.2 Å². The maximum atomic E-state index is 10.6. The molecule has 2 aromatic rings. The zero-order valence-corrected chi connectivity index (χ0v) is 15.5. The second kappa shape index (κ2) is 9.13. The Labute approximate surface area is 152 Å². The fourth-order valence-electron chi connectivity index (χ4n) is 2.66. The topological polar surface area (TPSA) is 57.6 Å². The van der Waals surface area contributed by atoms with Crippen molar-refractivity contribution < 1.29 is 9.84 Å². The summed E-state index contributed by atoms with van der Waals surface area (Å²) in [5.41, 5.74) is 0.214. The molecule has 5 nitrogen and oxygen atoms in total. The fourth-order valence-corrected chi connectivity index (χ4v) is 3.70. The Kier molecular flexibility index (Phi) is 8.17. The molecular formula is C15H23Cl2N3O2S. The molecule has 0 spiro atoms. The van der Waals surface area contributed by atoms with Crippen molar-refractivity contribution >= 4 is 46.4 Å². The molecule has 0 bridgehead atoms. The lowest BCUT2D eigenvalue weighted by molar-refractivity contribution is -0.0461. The molecule has 8 heteroatoms. The number of fused-ring (bicyclic) bond motifs is 1. The van der Waals surface area contributed by atoms with Gasteiger partial charge in [-0.2, -0.15) is 0 Å². The van der Waals surface area contributed by atoms with E-state index in [1.54, 1.807) is 11.3 Å². The molecule has 2 heterocycles. The average molecular weight is 380 g/mol. The van der Waals surface area contributed by atoms with Crippen molar-refractivity contribution in [2.75, 3.05) is 39.9 Å². The van der Waals surface area contributed by atoms with E-state index >= 15 is 0 Å². The first kappa shape index (κ1) is 20.6. The minimum Gasteiger partial charge on any atom is -0.385 e. The van der Waals surface area contributed by atoms with Gasteiger partial charge in [0.25, 0.3) is 0 Å². The van der Waals surface area contributed by atoms with Gasteiger partial charge in [-0.05, 0) is 19.2 Å². The van der Waals surface area contributed by atoms with Gasteiger partial charge < -0.3 is 15.2 Å². The molecule has 0 aliphatic carbocycles. The lowest BCUT2D eigenvalue weighted by atomic mass is 10.1. The van der Waals surface area contributed by atoms with Crippen molar-refractivity contribution in [3.05, 3.63) is 29.3 Å². The van der Waals surface area contributed by atoms with Crippen LogP contribution in [0.5, 0.6) is 0 Å². The number of β-amino-alcohol motifs (C(OH)–C–C–N with tert-alkyl or cyclic N) is 1. The number of aliphatic hydroxyl groups is 1. The van der Waals surface area contributed by atoms with Crippen LogP contribution in [0.3, 0.4) is 0 Å². The van der Waals surface area contributed by atoms with Gasteiger partial charge >= 0.3 is 0 Å². The van der Waals surface area contributed by atoms with Gasteiger partial charge in [-0.3, -0.25) is 4.90 Å². The second-order valence-electron chi connectivity index (χ2n) is 5.70. The van der Waals surface area contributed by atoms with Gasteiger partial charge in [0.15, 0.2) is 0 Å². The smallest absolute Gasteiger partial charge is 0.113 e. The maximum absolute atomic E-state index is 10.6. The first-order valence-electron chi connectivity index (χ1n) is 7.18. The molecule has 0 amide bonds. The predicted octanol–water partition coefficient (Wildman–Crippen LogP) is 1.92. The Bertz CT molecular complexity index is 570. The standard InChI is InChI=1S/C15H21N3O2S.2ClH/c1-18(10-15(19)9-16-6-7-20-11-15)8-14-17-12-4-2-3-5-13(12)21-14;;/h2-5,16,19H,6-11H2,1H3;2*1H. The van der Waals surface area contributed by atoms with Gasteiger partial charge in [-0.1, -0.05) is 12.1 Å². The van der Waals surface area contributed by atoms with E-state index < -0.39 is 5.60 Å². The monoisotopic (exact) mass is 379 g/mol. The summed E-state index contributed by atoms with van der Waals surface area (Å²) in [4.78, 5) is 6.74. The van der Waals surface area contributed by atoms with Gasteiger partial charge in [0.2, 0.25) is 0 Å². The highest BCUT2D eigenvalue weighted by atomic mass is 35.5. The molecule has 23 heavy (non-hydrogen) atoms. The third-order valence-corrected chi connectivity index (χ3v) is 4.58. The van der Waals surface area contributed by atoms with Gasteiger partial charge in [0.05, 0.1) is 30.0 Å². The molecule has 1 aromatic carbocycles. The largest absolute Gasteiger partial charge is 0.385 e. The van der Waals surface area contributed by atoms with Crippen LogP contribution in [0.25, 0.3) is 10.2 Å². The molecule has 0 radical (unpaired) electrons. The van der Waals surface area contributed by atoms with Crippen LogP contribution in [0, 0.1) is 0 Å². The summed E-state index contributed by atoms with van der Waals surface area (Å²) in [6.07, 6.45) is 0. The van der Waals surface area contributed by atoms with Gasteiger partial charge in [0.1, 0.15) is 10.6 Å². The zero-order valence-electron chi connectivity index (χ0n) is 13.0. The number of nitrogens with zero attached hydrogens (tertiary/aromatic N) is 2. The van der Waals surface area contributed by atoms with E-state index in [1.165, 1.54) is 4.70 Å². The number of aromatic nitrogens is 1. The van der Waals surface area contributed by atoms with Crippen LogP contribution < -0.4 is 5.32 Å². The molecule has 1 fully saturated rings. The van der Waals surface area contributed by atoms with E-state index in [0.29, 0.717) is 26.3 Å². The minimum atomic E-state index is -0.831. The molecule has 2 N–H and O–H groups in total. The van der Waals surface area contributed by atoms with Gasteiger partial charge in [0, 0.05) is 19.6 Å². The number of rotatable bonds is 4. The highest BCUT2D eigenvalue weighted by molar-refractivity contribution is 7.18. The number of benzene rings is 1. The van der Waals surface area contributed by atoms with Gasteiger partial charge in [-0.15, -0.1) is 36.2 Å². The number of ether oxygens (including phenoxy) is 1. The predicted molar refractivity (Wildman–Crippen MR) is 99.1 cm³/mol. The number of likely N-dealkylation sites (N-methyl/N-ethyl adjacent to an activating group) is 1. The van der Waals surface area contributed by atoms with Gasteiger partial charge in [-0.25, -0.2) is 4.98 Å². The van der Waals surface area contributed by atoms with Crippen molar-refractivity contribution in [3.8, 4) is 0 Å². The van der Waals surface area contributed by atoms with Crippen LogP contribution in [0.4, 0.5) is 0 Å². The van der Waals surface area contributed by atoms with Crippen molar-refractivity contribution in [1.29, 1.82) is 0 Å². The lowest BCUT2D eigenvalue weighted by Crippen LogP contribution is -2.50. The molecule has 1 atom stereocenters. The van der Waals surface area contributed by atoms with Crippen LogP contribution in [0.1, 0.15) is 5.01 Å². The molecular weight excluding hydrogens is 357 g/mol. The minimum absolute atomic E-state index is 0. The Morgan fingerprint density at radius 2 is 2.17 bits per heavy atom. The van der Waals surface area contributed by atoms with Crippen molar-refractivity contribution in [2.24, 2.45) is 0 Å². The number of nitrogens with one attached hydrogen (secondary N) is 1. The lowest BCUT2D eigenvalue weighted by Gasteiger charge is -2.30. The third kappa shape index (κ3) is 5.53. The number of halogens is 2. The van der Waals surface area contributed by atoms with E-state index in [4.69, 9.17) is 4.74 Å². The normalized spacial score (nSPS) is 21.5. The van der Waals surface area contributed by atoms with E-state index in [0.717, 1.165) is 23.6 Å². The van der Waals surface area contributed by atoms with Crippen LogP contribution in [0.2, 0.25) is 0 Å². The number of thiazole rings is 1. The third-order valence-electron chi connectivity index (χ3n) is 3.56. The van der Waals surface area contributed by atoms with E-state index in [-0.39, 0.29) is 24.8 Å². The maximum Gasteiger partial charge on any atom is 0.113 e. The molecule has 1 aliphatic heterocycles. The Balaban J connectivity index is 0.00000132. The number of hydrogen-bond acceptors (Lipinski definition) is 6. The van der Waals surface area contributed by atoms with Crippen molar-refractivity contribution in [2.45, 2.75) is 12.1 Å². The molecule has 130 valence electrons. The summed E-state index contributed by atoms with van der Waals surface area (Å²) in [7, 11) is 2.01. The summed E-state index contributed by atoms with van der Waals surface area (Å²) in [6, 6.07) is 8.16. The van der Waals surface area contributed by atoms with Crippen molar-refractivity contribution in [3.63, 3.8) is 0 Å². The zero-order chi connectivity index (χ0) is 14.7. The molecule has 1 saturated heterocycles. The molecule has 1 unspecified atom stereocenters. The summed E-state index contributed by atoms with van der Waals surface area (Å²) >= 11 is 1.71. The van der Waals surface area contributed by atoms with E-state index in [2.05, 4.69) is 21.3 Å². The Hall–Kier alpha value is -0.470. The summed E-state index contributed by atoms with van der Waals surface area (Å²) < 4.78 is 6.66. The SMILES string of the molecule is CN(Cc1nc2ccccc2s1)CC1(O)CNCCOC1.Cl.Cl. The van der Waals surface area contributed by atoms with Crippen LogP contribution in [0.15, 0.2) is 24.3 Å². The molecule has 1 aromatic heterocycles. The Morgan fingerprint density at radius 3 is 2.96 bits per heavy atom. The summed E-state index contributed by atoms with van der Waals surface area (Å²) in [5.74, 6) is 0. The Morgan fingerprint density at radius 1 is 1.39 bits per heavy atom. The quantitative estimate of drug-likeness (QED) is 0.849. The van der Waals surface area contributed by atoms with Crippen molar-refractivity contribution in [1.82, 2.24) is 15.2 Å². The van der Waals surface area contributed by atoms with E-state index in [1.807, 2.05) is 25.2 Å². The second-order valence-corrected chi connectivity index (χ2v) is 6.82. The first-order valence-corrected chi connectivity index (χ1v) is 8.00. The molecule has 3 rings (SSSR count). The highest BCUT2D eigenvalue weighted by Crippen LogP contribution is 2.22. The number of hydrogen-bond donors (Lipinski definition) is 2. The van der Waals surface area contributed by atoms with E-state index in [9.17, 15) is 5.11 Å². The highest BCUT2D eigenvalue weighted by Gasteiger charge is 2.30. The molecule has 0 saturated carbocycles. The fraction of sp³-hybridized carbons (Fsp3) is 0.533. The summed E-state index contributed by atoms with van der Waals surface area (Å²) in [6.45, 7) is 3.70. The van der Waals surface area contributed by atoms with Crippen LogP contribution in [-0.2, 0) is 11.3 Å². The summed E-state index contributed by atoms with van der Waals surface area (Å²) in [5, 5.41) is 14.9.